The SMILES string of the molecule is ClCc1nnc(Nc2ccsc2)o1. The Bertz CT molecular complexity index is 373. The van der Waals surface area contributed by atoms with Gasteiger partial charge in [-0.1, -0.05) is 5.10 Å². The van der Waals surface area contributed by atoms with E-state index >= 15 is 0 Å². The molecule has 0 unspecified atom stereocenters. The summed E-state index contributed by atoms with van der Waals surface area (Å²) in [6.45, 7) is 0. The molecule has 0 aromatic carbocycles. The molecule has 4 nitrogen and oxygen atoms in total. The number of hydrogen-bond acceptors (Lipinski definition) is 5. The van der Waals surface area contributed by atoms with Crippen LogP contribution in [0.3, 0.4) is 0 Å². The summed E-state index contributed by atoms with van der Waals surface area (Å²) in [5.74, 6) is 0.651. The van der Waals surface area contributed by atoms with E-state index in [2.05, 4.69) is 15.5 Å². The average Bonchev–Trinajstić information content (AvgIpc) is 2.76. The number of thiophene rings is 1. The molecule has 0 aliphatic rings. The van der Waals surface area contributed by atoms with Gasteiger partial charge in [0.1, 0.15) is 5.88 Å². The average molecular weight is 216 g/mol. The van der Waals surface area contributed by atoms with Crippen LogP contribution in [0.4, 0.5) is 11.7 Å². The van der Waals surface area contributed by atoms with E-state index in [4.69, 9.17) is 16.0 Å². The predicted molar refractivity (Wildman–Crippen MR) is 51.5 cm³/mol. The minimum Gasteiger partial charge on any atom is -0.407 e. The lowest BCUT2D eigenvalue weighted by Crippen LogP contribution is -1.86. The smallest absolute Gasteiger partial charge is 0.320 e. The zero-order valence-corrected chi connectivity index (χ0v) is 8.10. The molecule has 0 bridgehead atoms. The van der Waals surface area contributed by atoms with Crippen molar-refractivity contribution >= 4 is 34.6 Å². The number of halogens is 1. The van der Waals surface area contributed by atoms with Crippen molar-refractivity contribution in [3.05, 3.63) is 22.7 Å². The summed E-state index contributed by atoms with van der Waals surface area (Å²) in [6, 6.07) is 2.30. The van der Waals surface area contributed by atoms with Crippen molar-refractivity contribution in [2.45, 2.75) is 5.88 Å². The van der Waals surface area contributed by atoms with Gasteiger partial charge in [0.15, 0.2) is 0 Å². The minimum absolute atomic E-state index is 0.234. The van der Waals surface area contributed by atoms with Gasteiger partial charge >= 0.3 is 6.01 Å². The second-order valence-corrected chi connectivity index (χ2v) is 3.32. The van der Waals surface area contributed by atoms with E-state index < -0.39 is 0 Å². The zero-order chi connectivity index (χ0) is 9.10. The third-order valence-corrected chi connectivity index (χ3v) is 2.27. The van der Waals surface area contributed by atoms with Crippen LogP contribution in [0.1, 0.15) is 5.89 Å². The first-order valence-corrected chi connectivity index (χ1v) is 5.04. The molecule has 13 heavy (non-hydrogen) atoms. The summed E-state index contributed by atoms with van der Waals surface area (Å²) < 4.78 is 5.15. The molecule has 2 aromatic rings. The highest BCUT2D eigenvalue weighted by Crippen LogP contribution is 2.17. The van der Waals surface area contributed by atoms with Crippen molar-refractivity contribution in [2.24, 2.45) is 0 Å². The van der Waals surface area contributed by atoms with E-state index in [1.54, 1.807) is 11.3 Å². The van der Waals surface area contributed by atoms with E-state index in [1.165, 1.54) is 0 Å². The van der Waals surface area contributed by atoms with Crippen molar-refractivity contribution in [1.29, 1.82) is 0 Å². The number of aromatic nitrogens is 2. The molecule has 0 radical (unpaired) electrons. The largest absolute Gasteiger partial charge is 0.407 e. The molecule has 0 aliphatic heterocycles. The molecule has 6 heteroatoms. The summed E-state index contributed by atoms with van der Waals surface area (Å²) in [5, 5.41) is 14.3. The number of anilines is 2. The Labute approximate surface area is 83.5 Å². The Kier molecular flexibility index (Phi) is 2.47. The van der Waals surface area contributed by atoms with Gasteiger partial charge in [0.2, 0.25) is 5.89 Å². The van der Waals surface area contributed by atoms with Crippen LogP contribution < -0.4 is 5.32 Å². The Hall–Kier alpha value is -1.07. The van der Waals surface area contributed by atoms with E-state index in [1.807, 2.05) is 16.8 Å². The molecule has 0 atom stereocenters. The molecule has 0 amide bonds. The third-order valence-electron chi connectivity index (χ3n) is 1.35. The van der Waals surface area contributed by atoms with E-state index in [0.717, 1.165) is 5.69 Å². The van der Waals surface area contributed by atoms with Gasteiger partial charge in [-0.15, -0.1) is 16.7 Å². The highest BCUT2D eigenvalue weighted by atomic mass is 35.5. The van der Waals surface area contributed by atoms with Gasteiger partial charge in [-0.3, -0.25) is 0 Å². The monoisotopic (exact) mass is 215 g/mol. The van der Waals surface area contributed by atoms with Crippen LogP contribution in [0, 0.1) is 0 Å². The number of hydrogen-bond donors (Lipinski definition) is 1. The topological polar surface area (TPSA) is 51.0 Å². The number of nitrogens with one attached hydrogen (secondary N) is 1. The van der Waals surface area contributed by atoms with Crippen molar-refractivity contribution in [1.82, 2.24) is 10.2 Å². The molecular formula is C7H6ClN3OS. The summed E-state index contributed by atoms with van der Waals surface area (Å²) in [4.78, 5) is 0. The summed E-state index contributed by atoms with van der Waals surface area (Å²) >= 11 is 7.09. The van der Waals surface area contributed by atoms with Crippen LogP contribution in [-0.4, -0.2) is 10.2 Å². The fourth-order valence-corrected chi connectivity index (χ4v) is 1.51. The fraction of sp³-hybridized carbons (Fsp3) is 0.143. The Balaban J connectivity index is 2.10. The van der Waals surface area contributed by atoms with Gasteiger partial charge in [-0.05, 0) is 11.4 Å². The molecule has 2 heterocycles. The van der Waals surface area contributed by atoms with Crippen molar-refractivity contribution in [3.63, 3.8) is 0 Å². The Morgan fingerprint density at radius 3 is 3.08 bits per heavy atom. The second-order valence-electron chi connectivity index (χ2n) is 2.27. The molecule has 68 valence electrons. The van der Waals surface area contributed by atoms with Crippen LogP contribution in [0.25, 0.3) is 0 Å². The highest BCUT2D eigenvalue weighted by Gasteiger charge is 2.04. The second kappa shape index (κ2) is 3.76. The molecule has 0 saturated heterocycles. The zero-order valence-electron chi connectivity index (χ0n) is 6.53. The maximum absolute atomic E-state index is 5.50. The first kappa shape index (κ1) is 8.52. The van der Waals surface area contributed by atoms with Gasteiger partial charge < -0.3 is 9.73 Å². The normalized spacial score (nSPS) is 10.2. The van der Waals surface area contributed by atoms with Crippen LogP contribution in [0.5, 0.6) is 0 Å². The maximum Gasteiger partial charge on any atom is 0.320 e. The first-order chi connectivity index (χ1) is 6.38. The van der Waals surface area contributed by atoms with E-state index in [0.29, 0.717) is 11.9 Å². The predicted octanol–water partition coefficient (Wildman–Crippen LogP) is 2.61. The van der Waals surface area contributed by atoms with Gasteiger partial charge in [0, 0.05) is 5.38 Å². The quantitative estimate of drug-likeness (QED) is 0.800. The van der Waals surface area contributed by atoms with Crippen molar-refractivity contribution < 1.29 is 4.42 Å². The highest BCUT2D eigenvalue weighted by molar-refractivity contribution is 7.08. The summed E-state index contributed by atoms with van der Waals surface area (Å²) in [6.07, 6.45) is 0. The van der Waals surface area contributed by atoms with Crippen LogP contribution in [-0.2, 0) is 5.88 Å². The maximum atomic E-state index is 5.50. The molecule has 0 spiro atoms. The fourth-order valence-electron chi connectivity index (χ4n) is 0.817. The molecule has 0 fully saturated rings. The minimum atomic E-state index is 0.234. The third kappa shape index (κ3) is 1.99. The lowest BCUT2D eigenvalue weighted by Gasteiger charge is -1.93. The lowest BCUT2D eigenvalue weighted by molar-refractivity contribution is 0.530. The number of rotatable bonds is 3. The van der Waals surface area contributed by atoms with Crippen LogP contribution >= 0.6 is 22.9 Å². The van der Waals surface area contributed by atoms with E-state index in [-0.39, 0.29) is 5.88 Å². The number of nitrogens with zero attached hydrogens (tertiary/aromatic N) is 2. The molecule has 0 aliphatic carbocycles. The molecule has 1 N–H and O–H groups in total. The van der Waals surface area contributed by atoms with E-state index in [9.17, 15) is 0 Å². The van der Waals surface area contributed by atoms with Gasteiger partial charge in [0.05, 0.1) is 5.69 Å². The van der Waals surface area contributed by atoms with Crippen LogP contribution in [0.2, 0.25) is 0 Å². The number of alkyl halides is 1. The van der Waals surface area contributed by atoms with Gasteiger partial charge in [-0.25, -0.2) is 0 Å². The lowest BCUT2D eigenvalue weighted by atomic mass is 10.5. The van der Waals surface area contributed by atoms with Crippen LogP contribution in [0.15, 0.2) is 21.2 Å². The van der Waals surface area contributed by atoms with Gasteiger partial charge in [-0.2, -0.15) is 11.3 Å². The molecular weight excluding hydrogens is 210 g/mol. The standard InChI is InChI=1S/C7H6ClN3OS/c8-3-6-10-11-7(12-6)9-5-1-2-13-4-5/h1-2,4H,3H2,(H,9,11). The Morgan fingerprint density at radius 1 is 1.54 bits per heavy atom. The van der Waals surface area contributed by atoms with Crippen molar-refractivity contribution in [2.75, 3.05) is 5.32 Å². The van der Waals surface area contributed by atoms with Gasteiger partial charge in [0.25, 0.3) is 0 Å². The Morgan fingerprint density at radius 2 is 2.46 bits per heavy atom. The van der Waals surface area contributed by atoms with Crippen molar-refractivity contribution in [3.8, 4) is 0 Å². The first-order valence-electron chi connectivity index (χ1n) is 3.56. The summed E-state index contributed by atoms with van der Waals surface area (Å²) in [7, 11) is 0. The molecule has 2 aromatic heterocycles. The summed E-state index contributed by atoms with van der Waals surface area (Å²) in [5.41, 5.74) is 0.940. The molecule has 0 saturated carbocycles. The molecule has 2 rings (SSSR count).